The molecule has 8 heteroatoms. The minimum absolute atomic E-state index is 1.03. The fraction of sp³-hybridized carbons (Fsp3) is 0.500. The van der Waals surface area contributed by atoms with Crippen LogP contribution in [-0.2, 0) is 19.6 Å². The molecule has 0 aromatic rings. The number of sulfonamides is 1. The average molecular weight is 197 g/mol. The molecule has 0 saturated heterocycles. The van der Waals surface area contributed by atoms with Gasteiger partial charge in [-0.05, 0) is 0 Å². The number of nitrogens with two attached hydrogens (primary N) is 1. The Morgan fingerprint density at radius 1 is 1.33 bits per heavy atom. The Labute approximate surface area is 67.8 Å². The molecule has 70 valence electrons. The first-order valence-corrected chi connectivity index (χ1v) is 4.32. The lowest BCUT2D eigenvalue weighted by Gasteiger charge is -2.05. The average Bonchev–Trinajstić information content (AvgIpc) is 1.79. The summed E-state index contributed by atoms with van der Waals surface area (Å²) in [6.07, 6.45) is -1.03. The van der Waals surface area contributed by atoms with Crippen molar-refractivity contribution in [1.29, 1.82) is 0 Å². The monoisotopic (exact) mass is 197 g/mol. The third-order valence-corrected chi connectivity index (χ3v) is 2.19. The van der Waals surface area contributed by atoms with E-state index in [2.05, 4.69) is 5.14 Å². The van der Waals surface area contributed by atoms with Crippen molar-refractivity contribution in [1.82, 2.24) is 0 Å². The number of aliphatic carboxylic acids is 2. The lowest BCUT2D eigenvalue weighted by molar-refractivity contribution is -0.143. The van der Waals surface area contributed by atoms with Gasteiger partial charge in [0.1, 0.15) is 0 Å². The summed E-state index contributed by atoms with van der Waals surface area (Å²) >= 11 is 0. The number of carboxylic acid groups (broad SMARTS) is 2. The topological polar surface area (TPSA) is 135 Å². The van der Waals surface area contributed by atoms with Crippen molar-refractivity contribution < 1.29 is 28.2 Å². The number of rotatable bonds is 4. The van der Waals surface area contributed by atoms with Crippen LogP contribution in [0.2, 0.25) is 0 Å². The molecule has 0 aromatic heterocycles. The summed E-state index contributed by atoms with van der Waals surface area (Å²) in [5.41, 5.74) is 0. The van der Waals surface area contributed by atoms with Gasteiger partial charge >= 0.3 is 11.9 Å². The van der Waals surface area contributed by atoms with Crippen LogP contribution in [0.5, 0.6) is 0 Å². The van der Waals surface area contributed by atoms with Gasteiger partial charge in [0, 0.05) is 0 Å². The van der Waals surface area contributed by atoms with Gasteiger partial charge in [-0.25, -0.2) is 13.6 Å². The van der Waals surface area contributed by atoms with E-state index in [1.807, 2.05) is 0 Å². The molecule has 12 heavy (non-hydrogen) atoms. The summed E-state index contributed by atoms with van der Waals surface area (Å²) in [5, 5.41) is 18.7. The van der Waals surface area contributed by atoms with E-state index in [-0.39, 0.29) is 0 Å². The van der Waals surface area contributed by atoms with E-state index in [0.717, 1.165) is 0 Å². The third kappa shape index (κ3) is 3.30. The van der Waals surface area contributed by atoms with Gasteiger partial charge in [-0.1, -0.05) is 0 Å². The molecule has 0 rings (SSSR count). The summed E-state index contributed by atoms with van der Waals surface area (Å²) in [6.45, 7) is 0. The number of hydrogen-bond donors (Lipinski definition) is 3. The van der Waals surface area contributed by atoms with Crippen LogP contribution in [0.4, 0.5) is 0 Å². The molecule has 0 spiro atoms. The molecule has 0 radical (unpaired) electrons. The maximum atomic E-state index is 10.4. The van der Waals surface area contributed by atoms with E-state index in [0.29, 0.717) is 0 Å². The first-order valence-electron chi connectivity index (χ1n) is 2.71. The van der Waals surface area contributed by atoms with Crippen LogP contribution in [-0.4, -0.2) is 35.8 Å². The second kappa shape index (κ2) is 3.50. The van der Waals surface area contributed by atoms with Crippen molar-refractivity contribution >= 4 is 22.0 Å². The zero-order valence-corrected chi connectivity index (χ0v) is 6.61. The van der Waals surface area contributed by atoms with Gasteiger partial charge in [-0.15, -0.1) is 0 Å². The van der Waals surface area contributed by atoms with Gasteiger partial charge in [-0.2, -0.15) is 0 Å². The molecule has 7 nitrogen and oxygen atoms in total. The fourth-order valence-corrected chi connectivity index (χ4v) is 1.16. The largest absolute Gasteiger partial charge is 0.481 e. The standard InChI is InChI=1S/C4H7NO6S/c5-12(10,11)2(4(8)9)1-3(6)7/h2H,1H2,(H,6,7)(H,8,9)(H2,5,10,11). The smallest absolute Gasteiger partial charge is 0.323 e. The third-order valence-electron chi connectivity index (χ3n) is 1.03. The quantitative estimate of drug-likeness (QED) is 0.486. The van der Waals surface area contributed by atoms with Gasteiger partial charge in [0.15, 0.2) is 5.25 Å². The van der Waals surface area contributed by atoms with Crippen LogP contribution >= 0.6 is 0 Å². The highest BCUT2D eigenvalue weighted by Crippen LogP contribution is 2.01. The molecule has 1 unspecified atom stereocenters. The van der Waals surface area contributed by atoms with E-state index >= 15 is 0 Å². The Balaban J connectivity index is 4.70. The van der Waals surface area contributed by atoms with Crippen molar-refractivity contribution in [3.05, 3.63) is 0 Å². The van der Waals surface area contributed by atoms with Crippen molar-refractivity contribution in [2.75, 3.05) is 0 Å². The van der Waals surface area contributed by atoms with Gasteiger partial charge in [0.2, 0.25) is 10.0 Å². The van der Waals surface area contributed by atoms with Gasteiger partial charge in [0.05, 0.1) is 6.42 Å². The molecule has 0 bridgehead atoms. The lowest BCUT2D eigenvalue weighted by atomic mass is 10.3. The predicted molar refractivity (Wildman–Crippen MR) is 36.8 cm³/mol. The summed E-state index contributed by atoms with van der Waals surface area (Å²) in [5.74, 6) is -3.30. The molecular weight excluding hydrogens is 190 g/mol. The number of carbonyl (C=O) groups is 2. The molecule has 4 N–H and O–H groups in total. The molecule has 0 aliphatic rings. The summed E-state index contributed by atoms with van der Waals surface area (Å²) in [4.78, 5) is 20.1. The van der Waals surface area contributed by atoms with Crippen molar-refractivity contribution in [3.63, 3.8) is 0 Å². The highest BCUT2D eigenvalue weighted by Gasteiger charge is 2.31. The van der Waals surface area contributed by atoms with E-state index in [1.165, 1.54) is 0 Å². The summed E-state index contributed by atoms with van der Waals surface area (Å²) < 4.78 is 20.9. The Hall–Kier alpha value is -1.15. The van der Waals surface area contributed by atoms with E-state index in [9.17, 15) is 18.0 Å². The van der Waals surface area contributed by atoms with Crippen LogP contribution in [0, 0.1) is 0 Å². The van der Waals surface area contributed by atoms with Crippen molar-refractivity contribution in [2.24, 2.45) is 5.14 Å². The normalized spacial score (nSPS) is 13.8. The Morgan fingerprint density at radius 3 is 1.83 bits per heavy atom. The molecule has 0 saturated carbocycles. The first kappa shape index (κ1) is 10.8. The van der Waals surface area contributed by atoms with Gasteiger partial charge in [0.25, 0.3) is 0 Å². The fourth-order valence-electron chi connectivity index (χ4n) is 0.503. The van der Waals surface area contributed by atoms with Crippen molar-refractivity contribution in [2.45, 2.75) is 11.7 Å². The second-order valence-corrected chi connectivity index (χ2v) is 3.76. The van der Waals surface area contributed by atoms with Crippen LogP contribution in [0.1, 0.15) is 6.42 Å². The Kier molecular flexibility index (Phi) is 3.16. The molecular formula is C4H7NO6S. The molecule has 0 amide bonds. The maximum absolute atomic E-state index is 10.4. The molecule has 0 fully saturated rings. The Bertz CT molecular complexity index is 293. The second-order valence-electron chi connectivity index (χ2n) is 2.01. The zero-order chi connectivity index (χ0) is 9.94. The van der Waals surface area contributed by atoms with Crippen molar-refractivity contribution in [3.8, 4) is 0 Å². The minimum Gasteiger partial charge on any atom is -0.481 e. The molecule has 0 heterocycles. The van der Waals surface area contributed by atoms with E-state index < -0.39 is 33.6 Å². The van der Waals surface area contributed by atoms with Crippen LogP contribution < -0.4 is 5.14 Å². The zero-order valence-electron chi connectivity index (χ0n) is 5.80. The lowest BCUT2D eigenvalue weighted by Crippen LogP contribution is -2.37. The minimum atomic E-state index is -4.34. The van der Waals surface area contributed by atoms with Crippen LogP contribution in [0.25, 0.3) is 0 Å². The van der Waals surface area contributed by atoms with Crippen LogP contribution in [0.15, 0.2) is 0 Å². The van der Waals surface area contributed by atoms with E-state index in [4.69, 9.17) is 10.2 Å². The summed E-state index contributed by atoms with van der Waals surface area (Å²) in [7, 11) is -4.34. The van der Waals surface area contributed by atoms with Gasteiger partial charge < -0.3 is 10.2 Å². The molecule has 1 atom stereocenters. The first-order chi connectivity index (χ1) is 5.25. The Morgan fingerprint density at radius 2 is 1.75 bits per heavy atom. The van der Waals surface area contributed by atoms with E-state index in [1.54, 1.807) is 0 Å². The molecule has 0 aliphatic heterocycles. The molecule has 0 aromatic carbocycles. The number of hydrogen-bond acceptors (Lipinski definition) is 4. The summed E-state index contributed by atoms with van der Waals surface area (Å²) in [6, 6.07) is 0. The SMILES string of the molecule is NS(=O)(=O)C(CC(=O)O)C(=O)O. The predicted octanol–water partition coefficient (Wildman–Crippen LogP) is -1.80. The molecule has 0 aliphatic carbocycles. The van der Waals surface area contributed by atoms with Crippen LogP contribution in [0.3, 0.4) is 0 Å². The maximum Gasteiger partial charge on any atom is 0.323 e. The number of carboxylic acids is 2. The number of primary sulfonamides is 1. The highest BCUT2D eigenvalue weighted by molar-refractivity contribution is 7.90. The van der Waals surface area contributed by atoms with Gasteiger partial charge in [-0.3, -0.25) is 9.59 Å². The highest BCUT2D eigenvalue weighted by atomic mass is 32.2.